The second-order valence-corrected chi connectivity index (χ2v) is 6.04. The number of aromatic nitrogens is 1. The van der Waals surface area contributed by atoms with Gasteiger partial charge in [-0.15, -0.1) is 6.58 Å². The Morgan fingerprint density at radius 1 is 1.35 bits per heavy atom. The van der Waals surface area contributed by atoms with Crippen LogP contribution >= 0.6 is 0 Å². The van der Waals surface area contributed by atoms with Crippen LogP contribution in [0.25, 0.3) is 0 Å². The molecule has 1 saturated carbocycles. The quantitative estimate of drug-likeness (QED) is 0.717. The maximum atomic E-state index is 13.3. The number of benzene rings is 1. The van der Waals surface area contributed by atoms with Crippen molar-refractivity contribution in [1.29, 1.82) is 0 Å². The molecule has 0 unspecified atom stereocenters. The van der Waals surface area contributed by atoms with Crippen LogP contribution in [-0.4, -0.2) is 21.9 Å². The van der Waals surface area contributed by atoms with E-state index in [1.165, 1.54) is 6.07 Å². The van der Waals surface area contributed by atoms with Gasteiger partial charge in [0.05, 0.1) is 6.54 Å². The van der Waals surface area contributed by atoms with Gasteiger partial charge in [0, 0.05) is 30.9 Å². The van der Waals surface area contributed by atoms with E-state index in [-0.39, 0.29) is 17.6 Å². The van der Waals surface area contributed by atoms with Crippen LogP contribution in [0.15, 0.2) is 55.3 Å². The predicted molar refractivity (Wildman–Crippen MR) is 88.3 cm³/mol. The summed E-state index contributed by atoms with van der Waals surface area (Å²) in [5.41, 5.74) is 1.95. The fourth-order valence-electron chi connectivity index (χ4n) is 2.75. The molecule has 4 heteroatoms. The van der Waals surface area contributed by atoms with E-state index in [1.54, 1.807) is 18.2 Å². The fourth-order valence-corrected chi connectivity index (χ4v) is 2.75. The number of hydrogen-bond acceptors (Lipinski definition) is 1. The second-order valence-electron chi connectivity index (χ2n) is 6.04. The average molecular weight is 312 g/mol. The first-order valence-electron chi connectivity index (χ1n) is 7.95. The Morgan fingerprint density at radius 2 is 2.17 bits per heavy atom. The summed E-state index contributed by atoms with van der Waals surface area (Å²) in [5, 5.41) is 0. The molecule has 0 atom stereocenters. The Bertz CT molecular complexity index is 703. The number of carbonyl (C=O) groups is 1. The lowest BCUT2D eigenvalue weighted by molar-refractivity contribution is -0.132. The van der Waals surface area contributed by atoms with Crippen LogP contribution in [-0.2, 0) is 17.9 Å². The van der Waals surface area contributed by atoms with Gasteiger partial charge < -0.3 is 9.47 Å². The van der Waals surface area contributed by atoms with E-state index in [1.807, 2.05) is 29.3 Å². The van der Waals surface area contributed by atoms with Gasteiger partial charge in [0.1, 0.15) is 5.82 Å². The molecule has 0 bridgehead atoms. The van der Waals surface area contributed by atoms with Crippen LogP contribution in [0.2, 0.25) is 0 Å². The van der Waals surface area contributed by atoms with Crippen LogP contribution in [0, 0.1) is 11.7 Å². The molecule has 1 aliphatic rings. The van der Waals surface area contributed by atoms with Crippen molar-refractivity contribution in [2.24, 2.45) is 5.92 Å². The summed E-state index contributed by atoms with van der Waals surface area (Å²) < 4.78 is 15.4. The molecule has 1 fully saturated rings. The van der Waals surface area contributed by atoms with Gasteiger partial charge in [0.15, 0.2) is 0 Å². The molecule has 0 saturated heterocycles. The van der Waals surface area contributed by atoms with E-state index < -0.39 is 0 Å². The summed E-state index contributed by atoms with van der Waals surface area (Å²) >= 11 is 0. The molecule has 0 N–H and O–H groups in total. The highest BCUT2D eigenvalue weighted by atomic mass is 19.1. The molecule has 3 nitrogen and oxygen atoms in total. The molecule has 0 radical (unpaired) electrons. The number of halogens is 1. The first kappa shape index (κ1) is 15.5. The minimum absolute atomic E-state index is 0.196. The van der Waals surface area contributed by atoms with Crippen LogP contribution in [0.4, 0.5) is 4.39 Å². The first-order valence-corrected chi connectivity index (χ1v) is 7.95. The molecule has 1 aromatic carbocycles. The van der Waals surface area contributed by atoms with Crippen LogP contribution in [0.3, 0.4) is 0 Å². The van der Waals surface area contributed by atoms with Gasteiger partial charge in [-0.3, -0.25) is 4.79 Å². The molecule has 1 aromatic heterocycles. The third kappa shape index (κ3) is 3.89. The van der Waals surface area contributed by atoms with E-state index in [0.29, 0.717) is 19.6 Å². The Hall–Kier alpha value is -2.36. The highest BCUT2D eigenvalue weighted by Gasteiger charge is 2.33. The van der Waals surface area contributed by atoms with E-state index in [0.717, 1.165) is 24.1 Å². The van der Waals surface area contributed by atoms with Gasteiger partial charge in [-0.2, -0.15) is 0 Å². The van der Waals surface area contributed by atoms with Gasteiger partial charge >= 0.3 is 0 Å². The third-order valence-corrected chi connectivity index (χ3v) is 4.11. The maximum absolute atomic E-state index is 13.3. The van der Waals surface area contributed by atoms with Gasteiger partial charge in [-0.25, -0.2) is 4.39 Å². The van der Waals surface area contributed by atoms with Crippen molar-refractivity contribution in [3.8, 4) is 0 Å². The van der Waals surface area contributed by atoms with Crippen molar-refractivity contribution in [2.75, 3.05) is 6.54 Å². The molecular weight excluding hydrogens is 291 g/mol. The SMILES string of the molecule is C=CCN(Cc1cccn1Cc1cccc(F)c1)C(=O)C1CC1. The van der Waals surface area contributed by atoms with Gasteiger partial charge in [-0.1, -0.05) is 18.2 Å². The van der Waals surface area contributed by atoms with E-state index in [9.17, 15) is 9.18 Å². The summed E-state index contributed by atoms with van der Waals surface area (Å²) in [6.45, 7) is 5.46. The molecule has 23 heavy (non-hydrogen) atoms. The molecule has 0 aliphatic heterocycles. The second kappa shape index (κ2) is 6.82. The standard InChI is InChI=1S/C19H21FN2O/c1-2-10-22(19(23)16-8-9-16)14-18-7-4-11-21(18)13-15-5-3-6-17(20)12-15/h2-7,11-12,16H,1,8-10,13-14H2. The smallest absolute Gasteiger partial charge is 0.226 e. The van der Waals surface area contributed by atoms with Gasteiger partial charge in [-0.05, 0) is 42.7 Å². The summed E-state index contributed by atoms with van der Waals surface area (Å²) in [6.07, 6.45) is 5.72. The number of nitrogens with zero attached hydrogens (tertiary/aromatic N) is 2. The normalized spacial score (nSPS) is 13.8. The van der Waals surface area contributed by atoms with E-state index in [4.69, 9.17) is 0 Å². The predicted octanol–water partition coefficient (Wildman–Crippen LogP) is 3.60. The van der Waals surface area contributed by atoms with Crippen LogP contribution in [0.5, 0.6) is 0 Å². The molecule has 120 valence electrons. The van der Waals surface area contributed by atoms with Crippen molar-refractivity contribution in [3.05, 3.63) is 72.3 Å². The average Bonchev–Trinajstić information content (AvgIpc) is 3.29. The van der Waals surface area contributed by atoms with Crippen molar-refractivity contribution in [1.82, 2.24) is 9.47 Å². The minimum atomic E-state index is -0.228. The molecule has 1 heterocycles. The molecule has 1 aliphatic carbocycles. The Kier molecular flexibility index (Phi) is 4.60. The lowest BCUT2D eigenvalue weighted by Crippen LogP contribution is -2.32. The third-order valence-electron chi connectivity index (χ3n) is 4.11. The first-order chi connectivity index (χ1) is 11.2. The topological polar surface area (TPSA) is 25.2 Å². The van der Waals surface area contributed by atoms with Crippen molar-refractivity contribution in [3.63, 3.8) is 0 Å². The van der Waals surface area contributed by atoms with Gasteiger partial charge in [0.25, 0.3) is 0 Å². The Balaban J connectivity index is 1.74. The summed E-state index contributed by atoms with van der Waals surface area (Å²) in [6, 6.07) is 10.6. The van der Waals surface area contributed by atoms with Crippen molar-refractivity contribution in [2.45, 2.75) is 25.9 Å². The largest absolute Gasteiger partial charge is 0.345 e. The lowest BCUT2D eigenvalue weighted by Gasteiger charge is -2.22. The molecule has 0 spiro atoms. The van der Waals surface area contributed by atoms with Gasteiger partial charge in [0.2, 0.25) is 5.91 Å². The zero-order valence-corrected chi connectivity index (χ0v) is 13.1. The van der Waals surface area contributed by atoms with E-state index in [2.05, 4.69) is 11.1 Å². The fraction of sp³-hybridized carbons (Fsp3) is 0.316. The van der Waals surface area contributed by atoms with Crippen molar-refractivity contribution >= 4 is 5.91 Å². The summed E-state index contributed by atoms with van der Waals surface area (Å²) in [4.78, 5) is 14.2. The highest BCUT2D eigenvalue weighted by molar-refractivity contribution is 5.81. The summed E-state index contributed by atoms with van der Waals surface area (Å²) in [7, 11) is 0. The van der Waals surface area contributed by atoms with Crippen molar-refractivity contribution < 1.29 is 9.18 Å². The molecule has 3 rings (SSSR count). The van der Waals surface area contributed by atoms with Crippen LogP contribution in [0.1, 0.15) is 24.1 Å². The molecule has 2 aromatic rings. The minimum Gasteiger partial charge on any atom is -0.345 e. The monoisotopic (exact) mass is 312 g/mol. The number of rotatable bonds is 7. The zero-order valence-electron chi connectivity index (χ0n) is 13.1. The number of amides is 1. The Morgan fingerprint density at radius 3 is 2.87 bits per heavy atom. The number of hydrogen-bond donors (Lipinski definition) is 0. The van der Waals surface area contributed by atoms with Crippen LogP contribution < -0.4 is 0 Å². The van der Waals surface area contributed by atoms with E-state index >= 15 is 0 Å². The zero-order chi connectivity index (χ0) is 16.2. The Labute approximate surface area is 136 Å². The summed E-state index contributed by atoms with van der Waals surface area (Å²) in [5.74, 6) is 0.179. The highest BCUT2D eigenvalue weighted by Crippen LogP contribution is 2.31. The number of carbonyl (C=O) groups excluding carboxylic acids is 1. The lowest BCUT2D eigenvalue weighted by atomic mass is 10.2. The molecule has 1 amide bonds. The molecular formula is C19H21FN2O. The maximum Gasteiger partial charge on any atom is 0.226 e.